The molecule has 3 atom stereocenters. The van der Waals surface area contributed by atoms with Crippen LogP contribution in [-0.2, 0) is 4.79 Å². The second-order valence-corrected chi connectivity index (χ2v) is 8.03. The van der Waals surface area contributed by atoms with Gasteiger partial charge in [-0.3, -0.25) is 4.79 Å². The Balaban J connectivity index is 2.43. The SMILES string of the molecule is COc1ccnc(C(=O)N[C@](C)(C(=O)O)C(C)C(c2ccc(Cl)nc2)C(C)C)c1O. The Hall–Kier alpha value is -2.87. The molecule has 30 heavy (non-hydrogen) atoms. The van der Waals surface area contributed by atoms with E-state index in [1.54, 1.807) is 25.3 Å². The van der Waals surface area contributed by atoms with E-state index in [2.05, 4.69) is 15.3 Å². The number of aromatic hydroxyl groups is 1. The average molecular weight is 436 g/mol. The molecule has 0 aliphatic carbocycles. The van der Waals surface area contributed by atoms with Crippen LogP contribution >= 0.6 is 11.6 Å². The minimum Gasteiger partial charge on any atom is -0.503 e. The molecule has 0 saturated heterocycles. The van der Waals surface area contributed by atoms with E-state index in [0.717, 1.165) is 5.56 Å². The Kier molecular flexibility index (Phi) is 7.25. The number of aromatic nitrogens is 2. The second kappa shape index (κ2) is 9.30. The van der Waals surface area contributed by atoms with Crippen LogP contribution in [0, 0.1) is 11.8 Å². The van der Waals surface area contributed by atoms with Crippen LogP contribution in [0.25, 0.3) is 0 Å². The maximum absolute atomic E-state index is 12.8. The minimum absolute atomic E-state index is 0.0434. The summed E-state index contributed by atoms with van der Waals surface area (Å²) in [6.45, 7) is 7.13. The van der Waals surface area contributed by atoms with Crippen LogP contribution in [0.1, 0.15) is 49.7 Å². The molecule has 3 N–H and O–H groups in total. The van der Waals surface area contributed by atoms with E-state index >= 15 is 0 Å². The maximum Gasteiger partial charge on any atom is 0.329 e. The Bertz CT molecular complexity index is 919. The summed E-state index contributed by atoms with van der Waals surface area (Å²) in [7, 11) is 1.34. The summed E-state index contributed by atoms with van der Waals surface area (Å²) >= 11 is 5.89. The largest absolute Gasteiger partial charge is 0.503 e. The fourth-order valence-electron chi connectivity index (χ4n) is 3.62. The zero-order valence-electron chi connectivity index (χ0n) is 17.5. The van der Waals surface area contributed by atoms with Gasteiger partial charge in [-0.2, -0.15) is 0 Å². The van der Waals surface area contributed by atoms with Gasteiger partial charge in [-0.15, -0.1) is 0 Å². The summed E-state index contributed by atoms with van der Waals surface area (Å²) in [5.74, 6) is -3.18. The molecule has 162 valence electrons. The molecule has 0 aliphatic heterocycles. The van der Waals surface area contributed by atoms with Crippen LogP contribution in [0.5, 0.6) is 11.5 Å². The number of amides is 1. The summed E-state index contributed by atoms with van der Waals surface area (Å²) in [6.07, 6.45) is 2.91. The smallest absolute Gasteiger partial charge is 0.329 e. The lowest BCUT2D eigenvalue weighted by molar-refractivity contribution is -0.146. The molecule has 8 nitrogen and oxygen atoms in total. The van der Waals surface area contributed by atoms with E-state index in [1.165, 1.54) is 26.3 Å². The third kappa shape index (κ3) is 4.64. The highest BCUT2D eigenvalue weighted by molar-refractivity contribution is 6.29. The van der Waals surface area contributed by atoms with E-state index in [0.29, 0.717) is 5.15 Å². The number of ether oxygens (including phenoxy) is 1. The van der Waals surface area contributed by atoms with Crippen molar-refractivity contribution >= 4 is 23.5 Å². The van der Waals surface area contributed by atoms with Gasteiger partial charge in [0.05, 0.1) is 7.11 Å². The summed E-state index contributed by atoms with van der Waals surface area (Å²) in [6, 6.07) is 4.84. The van der Waals surface area contributed by atoms with Gasteiger partial charge in [0.15, 0.2) is 17.2 Å². The molecule has 2 rings (SSSR count). The van der Waals surface area contributed by atoms with Gasteiger partial charge in [0, 0.05) is 18.5 Å². The number of carboxylic acid groups (broad SMARTS) is 1. The van der Waals surface area contributed by atoms with Crippen LogP contribution in [0.2, 0.25) is 5.15 Å². The lowest BCUT2D eigenvalue weighted by Gasteiger charge is -2.39. The first-order valence-electron chi connectivity index (χ1n) is 9.42. The van der Waals surface area contributed by atoms with Crippen molar-refractivity contribution in [1.29, 1.82) is 0 Å². The molecular weight excluding hydrogens is 410 g/mol. The molecule has 0 fully saturated rings. The van der Waals surface area contributed by atoms with Crippen molar-refractivity contribution < 1.29 is 24.5 Å². The number of carbonyl (C=O) groups excluding carboxylic acids is 1. The Morgan fingerprint density at radius 3 is 2.37 bits per heavy atom. The molecular formula is C21H26ClN3O5. The molecule has 2 unspecified atom stereocenters. The predicted molar refractivity (Wildman–Crippen MR) is 112 cm³/mol. The third-order valence-corrected chi connectivity index (χ3v) is 5.67. The van der Waals surface area contributed by atoms with Gasteiger partial charge in [0.2, 0.25) is 0 Å². The number of pyridine rings is 2. The number of aliphatic carboxylic acids is 1. The van der Waals surface area contributed by atoms with Crippen molar-refractivity contribution in [2.75, 3.05) is 7.11 Å². The summed E-state index contributed by atoms with van der Waals surface area (Å²) in [5.41, 5.74) is -1.17. The van der Waals surface area contributed by atoms with Crippen molar-refractivity contribution in [2.45, 2.75) is 39.2 Å². The first-order valence-corrected chi connectivity index (χ1v) is 9.80. The number of halogens is 1. The van der Waals surface area contributed by atoms with Crippen LogP contribution in [-0.4, -0.2) is 44.7 Å². The first kappa shape index (κ1) is 23.4. The zero-order chi connectivity index (χ0) is 22.6. The van der Waals surface area contributed by atoms with Crippen LogP contribution < -0.4 is 10.1 Å². The normalized spacial score (nSPS) is 15.2. The molecule has 2 heterocycles. The number of carboxylic acids is 1. The molecule has 0 saturated carbocycles. The highest BCUT2D eigenvalue weighted by Crippen LogP contribution is 2.39. The van der Waals surface area contributed by atoms with Crippen molar-refractivity contribution in [1.82, 2.24) is 15.3 Å². The van der Waals surface area contributed by atoms with Crippen molar-refractivity contribution in [3.8, 4) is 11.5 Å². The fraction of sp³-hybridized carbons (Fsp3) is 0.429. The monoisotopic (exact) mass is 435 g/mol. The van der Waals surface area contributed by atoms with Gasteiger partial charge in [-0.05, 0) is 36.3 Å². The molecule has 0 aromatic carbocycles. The molecule has 0 radical (unpaired) electrons. The topological polar surface area (TPSA) is 122 Å². The van der Waals surface area contributed by atoms with Gasteiger partial charge in [-0.25, -0.2) is 14.8 Å². The quantitative estimate of drug-likeness (QED) is 0.542. The van der Waals surface area contributed by atoms with Gasteiger partial charge in [-0.1, -0.05) is 38.4 Å². The number of hydrogen-bond acceptors (Lipinski definition) is 6. The van der Waals surface area contributed by atoms with E-state index in [1.807, 2.05) is 13.8 Å². The first-order chi connectivity index (χ1) is 14.0. The van der Waals surface area contributed by atoms with E-state index in [-0.39, 0.29) is 23.3 Å². The lowest BCUT2D eigenvalue weighted by atomic mass is 9.70. The fourth-order valence-corrected chi connectivity index (χ4v) is 3.73. The molecule has 1 amide bonds. The van der Waals surface area contributed by atoms with E-state index in [9.17, 15) is 19.8 Å². The number of nitrogens with one attached hydrogen (secondary N) is 1. The zero-order valence-corrected chi connectivity index (χ0v) is 18.3. The summed E-state index contributed by atoms with van der Waals surface area (Å²) in [5, 5.41) is 23.1. The molecule has 2 aromatic rings. The molecule has 9 heteroatoms. The van der Waals surface area contributed by atoms with Crippen LogP contribution in [0.4, 0.5) is 0 Å². The number of nitrogens with zero attached hydrogens (tertiary/aromatic N) is 2. The van der Waals surface area contributed by atoms with Crippen molar-refractivity contribution in [2.24, 2.45) is 11.8 Å². The minimum atomic E-state index is -1.66. The number of carbonyl (C=O) groups is 2. The summed E-state index contributed by atoms with van der Waals surface area (Å²) < 4.78 is 4.99. The van der Waals surface area contributed by atoms with Crippen molar-refractivity contribution in [3.05, 3.63) is 47.0 Å². The number of rotatable bonds is 8. The Morgan fingerprint density at radius 1 is 1.20 bits per heavy atom. The van der Waals surface area contributed by atoms with Crippen LogP contribution in [0.15, 0.2) is 30.6 Å². The molecule has 2 aromatic heterocycles. The van der Waals surface area contributed by atoms with Crippen molar-refractivity contribution in [3.63, 3.8) is 0 Å². The van der Waals surface area contributed by atoms with Gasteiger partial charge in [0.1, 0.15) is 10.7 Å². The molecule has 0 bridgehead atoms. The average Bonchev–Trinajstić information content (AvgIpc) is 2.69. The molecule has 0 aliphatic rings. The van der Waals surface area contributed by atoms with E-state index in [4.69, 9.17) is 16.3 Å². The lowest BCUT2D eigenvalue weighted by Crippen LogP contribution is -2.58. The summed E-state index contributed by atoms with van der Waals surface area (Å²) in [4.78, 5) is 33.1. The van der Waals surface area contributed by atoms with E-state index < -0.39 is 29.1 Å². The molecule has 0 spiro atoms. The number of hydrogen-bond donors (Lipinski definition) is 3. The van der Waals surface area contributed by atoms with Gasteiger partial charge < -0.3 is 20.3 Å². The van der Waals surface area contributed by atoms with Gasteiger partial charge in [0.25, 0.3) is 5.91 Å². The highest BCUT2D eigenvalue weighted by Gasteiger charge is 2.46. The predicted octanol–water partition coefficient (Wildman–Crippen LogP) is 3.49. The second-order valence-electron chi connectivity index (χ2n) is 7.64. The Morgan fingerprint density at radius 2 is 1.87 bits per heavy atom. The Labute approximate surface area is 180 Å². The maximum atomic E-state index is 12.8. The highest BCUT2D eigenvalue weighted by atomic mass is 35.5. The van der Waals surface area contributed by atoms with Gasteiger partial charge >= 0.3 is 5.97 Å². The van der Waals surface area contributed by atoms with Crippen LogP contribution in [0.3, 0.4) is 0 Å². The number of methoxy groups -OCH3 is 1. The third-order valence-electron chi connectivity index (χ3n) is 5.44. The standard InChI is InChI=1S/C21H26ClN3O5/c1-11(2)16(13-6-7-15(22)24-10-13)12(3)21(4,20(28)29)25-19(27)17-18(26)14(30-5)8-9-23-17/h6-12,16,26H,1-5H3,(H,25,27)(H,28,29)/t12?,16?,21-/m0/s1.